The lowest BCUT2D eigenvalue weighted by Crippen LogP contribution is -2.48. The number of benzene rings is 3. The van der Waals surface area contributed by atoms with Crippen LogP contribution in [0.3, 0.4) is 0 Å². The highest BCUT2D eigenvalue weighted by Gasteiger charge is 2.38. The van der Waals surface area contributed by atoms with Crippen LogP contribution >= 0.6 is 9.90 Å². The van der Waals surface area contributed by atoms with E-state index in [1.54, 1.807) is 0 Å². The molecule has 1 saturated heterocycles. The van der Waals surface area contributed by atoms with Crippen molar-refractivity contribution in [3.63, 3.8) is 0 Å². The molecule has 0 bridgehead atoms. The molecule has 0 aliphatic carbocycles. The molecule has 1 fully saturated rings. The first kappa shape index (κ1) is 28.3. The second-order valence-corrected chi connectivity index (χ2v) is 6.92. The molecule has 1 aliphatic rings. The second kappa shape index (κ2) is 16.0. The Hall–Kier alpha value is -2.74. The third-order valence-electron chi connectivity index (χ3n) is 4.98. The highest BCUT2D eigenvalue weighted by atomic mass is 31.0. The van der Waals surface area contributed by atoms with Gasteiger partial charge < -0.3 is 4.74 Å². The van der Waals surface area contributed by atoms with Gasteiger partial charge in [0.2, 0.25) is 0 Å². The van der Waals surface area contributed by atoms with Crippen LogP contribution in [0, 0.1) is 0 Å². The molecule has 3 aromatic rings. The molecule has 4 atom stereocenters. The number of cyclic esters (lactones) is 1. The van der Waals surface area contributed by atoms with Gasteiger partial charge in [0.1, 0.15) is 12.1 Å². The number of nitrogens with one attached hydrogen (secondary N) is 1. The SMILES string of the molecule is CC.CC.O=C1O[C@@H](c2ccccc2)[C@@H](c2ccccc2)N[C@@H]1C/C=C/c1ccccc1.P. The molecule has 3 nitrogen and oxygen atoms in total. The Kier molecular flexibility index (Phi) is 13.7. The fourth-order valence-electron chi connectivity index (χ4n) is 3.55. The minimum atomic E-state index is -0.370. The van der Waals surface area contributed by atoms with Crippen molar-refractivity contribution in [2.24, 2.45) is 0 Å². The third kappa shape index (κ3) is 8.28. The zero-order chi connectivity index (χ0) is 23.2. The maximum atomic E-state index is 12.7. The Morgan fingerprint density at radius 1 is 0.758 bits per heavy atom. The molecule has 0 aromatic heterocycles. The van der Waals surface area contributed by atoms with Gasteiger partial charge in [-0.15, -0.1) is 0 Å². The average Bonchev–Trinajstić information content (AvgIpc) is 2.89. The van der Waals surface area contributed by atoms with Gasteiger partial charge >= 0.3 is 5.97 Å². The van der Waals surface area contributed by atoms with Crippen molar-refractivity contribution < 1.29 is 9.53 Å². The third-order valence-corrected chi connectivity index (χ3v) is 4.98. The van der Waals surface area contributed by atoms with Crippen molar-refractivity contribution in [3.05, 3.63) is 114 Å². The smallest absolute Gasteiger partial charge is 0.324 e. The maximum Gasteiger partial charge on any atom is 0.324 e. The standard InChI is InChI=1S/C25H23NO2.2C2H6.H3P/c27-25-22(18-10-13-19-11-4-1-5-12-19)26-23(20-14-6-2-7-15-20)24(28-25)21-16-8-3-9-17-21;2*1-2;/h1-17,22-24,26H,18H2;2*1-2H3;1H3/b13-10+;;;/t22-,23-,24+;;;/m1.../s1. The first-order valence-corrected chi connectivity index (χ1v) is 11.6. The summed E-state index contributed by atoms with van der Waals surface area (Å²) >= 11 is 0. The van der Waals surface area contributed by atoms with Crippen molar-refractivity contribution >= 4 is 21.9 Å². The van der Waals surface area contributed by atoms with E-state index in [1.165, 1.54) is 0 Å². The van der Waals surface area contributed by atoms with Gasteiger partial charge in [0.05, 0.1) is 6.04 Å². The molecular formula is C29H38NO2P. The Balaban J connectivity index is 0.00000103. The fourth-order valence-corrected chi connectivity index (χ4v) is 3.55. The number of esters is 1. The van der Waals surface area contributed by atoms with Crippen LogP contribution in [0.1, 0.15) is 63.0 Å². The number of morpholine rings is 1. The van der Waals surface area contributed by atoms with Gasteiger partial charge in [0.25, 0.3) is 0 Å². The fraction of sp³-hybridized carbons (Fsp3) is 0.276. The van der Waals surface area contributed by atoms with Crippen LogP contribution in [0.15, 0.2) is 97.1 Å². The monoisotopic (exact) mass is 463 g/mol. The van der Waals surface area contributed by atoms with Gasteiger partial charge in [-0.3, -0.25) is 10.1 Å². The van der Waals surface area contributed by atoms with Crippen LogP contribution in [-0.4, -0.2) is 12.0 Å². The quantitative estimate of drug-likeness (QED) is 0.321. The maximum absolute atomic E-state index is 12.7. The molecule has 4 rings (SSSR count). The minimum absolute atomic E-state index is 0. The Morgan fingerprint density at radius 2 is 1.24 bits per heavy atom. The molecule has 0 radical (unpaired) electrons. The zero-order valence-electron chi connectivity index (χ0n) is 20.3. The van der Waals surface area contributed by atoms with Crippen LogP contribution in [-0.2, 0) is 9.53 Å². The summed E-state index contributed by atoms with van der Waals surface area (Å²) in [7, 11) is 0. The van der Waals surface area contributed by atoms with E-state index in [4.69, 9.17) is 4.74 Å². The topological polar surface area (TPSA) is 38.3 Å². The predicted octanol–water partition coefficient (Wildman–Crippen LogP) is 7.20. The molecule has 1 unspecified atom stereocenters. The predicted molar refractivity (Wildman–Crippen MR) is 145 cm³/mol. The molecule has 0 saturated carbocycles. The van der Waals surface area contributed by atoms with Gasteiger partial charge in [0, 0.05) is 0 Å². The van der Waals surface area contributed by atoms with E-state index >= 15 is 0 Å². The summed E-state index contributed by atoms with van der Waals surface area (Å²) in [5.74, 6) is -0.209. The van der Waals surface area contributed by atoms with E-state index in [9.17, 15) is 4.79 Å². The molecule has 1 aliphatic heterocycles. The molecule has 0 amide bonds. The van der Waals surface area contributed by atoms with Gasteiger partial charge in [-0.1, -0.05) is 131 Å². The summed E-state index contributed by atoms with van der Waals surface area (Å²) in [6, 6.07) is 29.7. The lowest BCUT2D eigenvalue weighted by Gasteiger charge is -2.37. The van der Waals surface area contributed by atoms with Crippen molar-refractivity contribution in [1.29, 1.82) is 0 Å². The van der Waals surface area contributed by atoms with E-state index in [-0.39, 0.29) is 34.1 Å². The molecule has 4 heteroatoms. The highest BCUT2D eigenvalue weighted by Crippen LogP contribution is 2.36. The minimum Gasteiger partial charge on any atom is -0.454 e. The summed E-state index contributed by atoms with van der Waals surface area (Å²) in [5.41, 5.74) is 3.23. The van der Waals surface area contributed by atoms with Crippen molar-refractivity contribution in [2.45, 2.75) is 52.3 Å². The zero-order valence-corrected chi connectivity index (χ0v) is 21.7. The Bertz CT molecular complexity index is 930. The van der Waals surface area contributed by atoms with E-state index in [0.29, 0.717) is 6.42 Å². The number of hydrogen-bond donors (Lipinski definition) is 1. The number of hydrogen-bond acceptors (Lipinski definition) is 3. The van der Waals surface area contributed by atoms with Crippen molar-refractivity contribution in [3.8, 4) is 0 Å². The van der Waals surface area contributed by atoms with Crippen molar-refractivity contribution in [1.82, 2.24) is 5.32 Å². The van der Waals surface area contributed by atoms with Gasteiger partial charge in [0.15, 0.2) is 0 Å². The highest BCUT2D eigenvalue weighted by molar-refractivity contribution is 6.92. The van der Waals surface area contributed by atoms with E-state index < -0.39 is 0 Å². The lowest BCUT2D eigenvalue weighted by atomic mass is 9.92. The van der Waals surface area contributed by atoms with Crippen LogP contribution in [0.5, 0.6) is 0 Å². The molecule has 1 N–H and O–H groups in total. The Labute approximate surface area is 202 Å². The number of ether oxygens (including phenoxy) is 1. The molecule has 176 valence electrons. The number of rotatable bonds is 5. The normalized spacial score (nSPS) is 19.2. The summed E-state index contributed by atoms with van der Waals surface area (Å²) in [6.07, 6.45) is 4.30. The van der Waals surface area contributed by atoms with E-state index in [0.717, 1.165) is 16.7 Å². The Morgan fingerprint density at radius 3 is 1.79 bits per heavy atom. The second-order valence-electron chi connectivity index (χ2n) is 6.92. The van der Waals surface area contributed by atoms with E-state index in [1.807, 2.05) is 119 Å². The molecule has 1 heterocycles. The van der Waals surface area contributed by atoms with Gasteiger partial charge in [-0.25, -0.2) is 0 Å². The first-order chi connectivity index (χ1) is 15.8. The summed E-state index contributed by atoms with van der Waals surface area (Å²) in [4.78, 5) is 12.7. The van der Waals surface area contributed by atoms with Gasteiger partial charge in [-0.2, -0.15) is 9.90 Å². The first-order valence-electron chi connectivity index (χ1n) is 11.6. The summed E-state index contributed by atoms with van der Waals surface area (Å²) in [5, 5.41) is 3.53. The van der Waals surface area contributed by atoms with E-state index in [2.05, 4.69) is 17.4 Å². The molecular weight excluding hydrogens is 425 g/mol. The number of carbonyl (C=O) groups excluding carboxylic acids is 1. The van der Waals surface area contributed by atoms with Crippen molar-refractivity contribution in [2.75, 3.05) is 0 Å². The molecule has 33 heavy (non-hydrogen) atoms. The van der Waals surface area contributed by atoms with Crippen LogP contribution in [0.25, 0.3) is 6.08 Å². The van der Waals surface area contributed by atoms with Gasteiger partial charge in [-0.05, 0) is 23.1 Å². The average molecular weight is 464 g/mol. The number of carbonyl (C=O) groups is 1. The molecule has 3 aromatic carbocycles. The lowest BCUT2D eigenvalue weighted by molar-refractivity contribution is -0.160. The van der Waals surface area contributed by atoms with Crippen LogP contribution < -0.4 is 5.32 Å². The van der Waals surface area contributed by atoms with Crippen LogP contribution in [0.4, 0.5) is 0 Å². The molecule has 0 spiro atoms. The summed E-state index contributed by atoms with van der Waals surface area (Å²) < 4.78 is 5.92. The summed E-state index contributed by atoms with van der Waals surface area (Å²) in [6.45, 7) is 8.00. The van der Waals surface area contributed by atoms with Crippen LogP contribution in [0.2, 0.25) is 0 Å². The largest absolute Gasteiger partial charge is 0.454 e.